The van der Waals surface area contributed by atoms with Crippen molar-refractivity contribution in [3.8, 4) is 23.0 Å². The minimum Gasteiger partial charge on any atom is -0.493 e. The zero-order chi connectivity index (χ0) is 32.7. The van der Waals surface area contributed by atoms with E-state index in [0.717, 1.165) is 11.3 Å². The fourth-order valence-electron chi connectivity index (χ4n) is 4.43. The van der Waals surface area contributed by atoms with Crippen molar-refractivity contribution in [2.24, 2.45) is 0 Å². The molecule has 46 heavy (non-hydrogen) atoms. The molecule has 11 heteroatoms. The van der Waals surface area contributed by atoms with Gasteiger partial charge in [0.15, 0.2) is 6.10 Å². The number of hydrogen-bond acceptors (Lipinski definition) is 6. The van der Waals surface area contributed by atoms with Crippen molar-refractivity contribution in [1.82, 2.24) is 4.90 Å². The molecule has 9 nitrogen and oxygen atoms in total. The van der Waals surface area contributed by atoms with E-state index >= 15 is 0 Å². The summed E-state index contributed by atoms with van der Waals surface area (Å²) in [4.78, 5) is 26.4. The second-order valence-electron chi connectivity index (χ2n) is 10.1. The Morgan fingerprint density at radius 2 is 1.41 bits per heavy atom. The average Bonchev–Trinajstić information content (AvgIpc) is 3.03. The van der Waals surface area contributed by atoms with Gasteiger partial charge in [0, 0.05) is 35.3 Å². The van der Waals surface area contributed by atoms with E-state index in [0.29, 0.717) is 65.7 Å². The number of benzene rings is 4. The van der Waals surface area contributed by atoms with Crippen LogP contribution in [-0.4, -0.2) is 61.0 Å². The summed E-state index contributed by atoms with van der Waals surface area (Å²) in [5.74, 6) is 1.52. The van der Waals surface area contributed by atoms with E-state index in [1.54, 1.807) is 78.6 Å². The average molecular weight is 668 g/mol. The molecule has 0 radical (unpaired) electrons. The van der Waals surface area contributed by atoms with Gasteiger partial charge in [0.05, 0.1) is 13.2 Å². The van der Waals surface area contributed by atoms with Gasteiger partial charge in [-0.3, -0.25) is 0 Å². The quantitative estimate of drug-likeness (QED) is 0.109. The normalized spacial score (nSPS) is 11.4. The number of nitrogens with one attached hydrogen (secondary N) is 1. The highest BCUT2D eigenvalue weighted by atomic mass is 35.5. The maximum absolute atomic E-state index is 13.3. The van der Waals surface area contributed by atoms with Crippen molar-refractivity contribution in [3.63, 3.8) is 0 Å². The largest absolute Gasteiger partial charge is 0.493 e. The second-order valence-corrected chi connectivity index (χ2v) is 11.0. The van der Waals surface area contributed by atoms with E-state index in [2.05, 4.69) is 5.32 Å². The number of halogens is 2. The summed E-state index contributed by atoms with van der Waals surface area (Å²) in [5, 5.41) is 13.2. The first-order valence-electron chi connectivity index (χ1n) is 14.8. The Morgan fingerprint density at radius 1 is 0.783 bits per heavy atom. The van der Waals surface area contributed by atoms with E-state index in [4.69, 9.17) is 42.1 Å². The summed E-state index contributed by atoms with van der Waals surface area (Å²) >= 11 is 12.1. The maximum Gasteiger partial charge on any atom is 0.333 e. The van der Waals surface area contributed by atoms with Crippen LogP contribution >= 0.6 is 23.2 Å². The first kappa shape index (κ1) is 34.4. The number of rotatable bonds is 17. The van der Waals surface area contributed by atoms with Crippen molar-refractivity contribution >= 4 is 40.9 Å². The molecule has 0 saturated carbocycles. The van der Waals surface area contributed by atoms with E-state index in [1.165, 1.54) is 0 Å². The fraction of sp³-hybridized carbons (Fsp3) is 0.257. The number of carbonyl (C=O) groups excluding carboxylic acids is 1. The topological polar surface area (TPSA) is 107 Å². The summed E-state index contributed by atoms with van der Waals surface area (Å²) in [5.41, 5.74) is 1.43. The van der Waals surface area contributed by atoms with Crippen LogP contribution in [0.2, 0.25) is 10.0 Å². The van der Waals surface area contributed by atoms with Crippen molar-refractivity contribution in [2.75, 3.05) is 38.2 Å². The Kier molecular flexibility index (Phi) is 13.4. The second kappa shape index (κ2) is 17.9. The van der Waals surface area contributed by atoms with E-state index in [-0.39, 0.29) is 19.1 Å². The number of anilines is 1. The van der Waals surface area contributed by atoms with Crippen LogP contribution in [0.1, 0.15) is 18.9 Å². The monoisotopic (exact) mass is 666 g/mol. The molecule has 4 aromatic carbocycles. The van der Waals surface area contributed by atoms with E-state index in [1.807, 2.05) is 30.3 Å². The van der Waals surface area contributed by atoms with Crippen LogP contribution in [0.5, 0.6) is 23.0 Å². The van der Waals surface area contributed by atoms with Gasteiger partial charge >= 0.3 is 12.0 Å². The smallest absolute Gasteiger partial charge is 0.333 e. The number of aliphatic carboxylic acids is 1. The van der Waals surface area contributed by atoms with Crippen LogP contribution in [0.25, 0.3) is 0 Å². The Bertz CT molecular complexity index is 1520. The van der Waals surface area contributed by atoms with Gasteiger partial charge in [-0.25, -0.2) is 9.59 Å². The predicted octanol–water partition coefficient (Wildman–Crippen LogP) is 8.20. The number of carboxylic acid groups (broad SMARTS) is 1. The molecule has 0 aliphatic carbocycles. The van der Waals surface area contributed by atoms with Crippen LogP contribution < -0.4 is 19.5 Å². The third-order valence-electron chi connectivity index (χ3n) is 6.67. The molecule has 2 amide bonds. The van der Waals surface area contributed by atoms with Gasteiger partial charge < -0.3 is 34.3 Å². The highest BCUT2D eigenvalue weighted by molar-refractivity contribution is 6.34. The third-order valence-corrected chi connectivity index (χ3v) is 7.10. The van der Waals surface area contributed by atoms with Crippen LogP contribution in [-0.2, 0) is 16.0 Å². The SMILES string of the molecule is CCOC(Cc1ccc(OCCN(CCCOc2cc(Cl)cc(Cl)c2)C(=O)Nc2ccc(Oc3ccccc3)cc2)cc1)C(=O)O. The van der Waals surface area contributed by atoms with Gasteiger partial charge in [-0.2, -0.15) is 0 Å². The number of carbonyl (C=O) groups is 2. The van der Waals surface area contributed by atoms with Crippen molar-refractivity contribution in [1.29, 1.82) is 0 Å². The highest BCUT2D eigenvalue weighted by Gasteiger charge is 2.18. The maximum atomic E-state index is 13.3. The molecular weight excluding hydrogens is 631 g/mol. The number of nitrogens with zero attached hydrogens (tertiary/aromatic N) is 1. The van der Waals surface area contributed by atoms with Crippen molar-refractivity contribution < 1.29 is 33.6 Å². The molecule has 1 unspecified atom stereocenters. The Morgan fingerprint density at radius 3 is 2.07 bits per heavy atom. The minimum absolute atomic E-state index is 0.234. The molecule has 4 rings (SSSR count). The molecule has 2 N–H and O–H groups in total. The summed E-state index contributed by atoms with van der Waals surface area (Å²) in [6.07, 6.45) is -0.114. The first-order chi connectivity index (χ1) is 22.3. The van der Waals surface area contributed by atoms with Crippen LogP contribution in [0.15, 0.2) is 97.1 Å². The van der Waals surface area contributed by atoms with E-state index in [9.17, 15) is 14.7 Å². The Labute approximate surface area is 278 Å². The van der Waals surface area contributed by atoms with Crippen LogP contribution in [0.3, 0.4) is 0 Å². The van der Waals surface area contributed by atoms with Crippen molar-refractivity contribution in [3.05, 3.63) is 113 Å². The summed E-state index contributed by atoms with van der Waals surface area (Å²) in [6.45, 7) is 3.35. The number of carboxylic acids is 1. The standard InChI is InChI=1S/C35H36Cl2N2O7/c1-2-43-33(34(40)41)21-25-9-13-29(14-10-25)45-20-18-39(17-6-19-44-32-23-26(36)22-27(37)24-32)35(42)38-28-11-15-31(16-12-28)46-30-7-4-3-5-8-30/h3-5,7-16,22-24,33H,2,6,17-21H2,1H3,(H,38,42)(H,40,41). The van der Waals surface area contributed by atoms with Gasteiger partial charge in [0.1, 0.15) is 29.6 Å². The lowest BCUT2D eigenvalue weighted by atomic mass is 10.1. The van der Waals surface area contributed by atoms with Gasteiger partial charge in [-0.15, -0.1) is 0 Å². The predicted molar refractivity (Wildman–Crippen MR) is 179 cm³/mol. The molecule has 0 bridgehead atoms. The van der Waals surface area contributed by atoms with Crippen molar-refractivity contribution in [2.45, 2.75) is 25.9 Å². The van der Waals surface area contributed by atoms with Gasteiger partial charge in [-0.05, 0) is 85.6 Å². The number of hydrogen-bond donors (Lipinski definition) is 2. The molecule has 4 aromatic rings. The number of amides is 2. The molecule has 0 aromatic heterocycles. The van der Waals surface area contributed by atoms with Crippen LogP contribution in [0, 0.1) is 0 Å². The molecular formula is C35H36Cl2N2O7. The lowest BCUT2D eigenvalue weighted by Crippen LogP contribution is -2.39. The molecule has 0 saturated heterocycles. The zero-order valence-corrected chi connectivity index (χ0v) is 26.9. The van der Waals surface area contributed by atoms with E-state index < -0.39 is 12.1 Å². The first-order valence-corrected chi connectivity index (χ1v) is 15.6. The molecule has 242 valence electrons. The zero-order valence-electron chi connectivity index (χ0n) is 25.4. The number of para-hydroxylation sites is 1. The number of urea groups is 1. The molecule has 0 spiro atoms. The summed E-state index contributed by atoms with van der Waals surface area (Å²) < 4.78 is 22.9. The molecule has 0 fully saturated rings. The van der Waals surface area contributed by atoms with Gasteiger partial charge in [0.25, 0.3) is 0 Å². The fourth-order valence-corrected chi connectivity index (χ4v) is 4.94. The van der Waals surface area contributed by atoms with Gasteiger partial charge in [-0.1, -0.05) is 53.5 Å². The lowest BCUT2D eigenvalue weighted by molar-refractivity contribution is -0.149. The number of ether oxygens (including phenoxy) is 4. The van der Waals surface area contributed by atoms with Gasteiger partial charge in [0.2, 0.25) is 0 Å². The molecule has 1 atom stereocenters. The third kappa shape index (κ3) is 11.5. The molecule has 0 aliphatic heterocycles. The molecule has 0 aliphatic rings. The highest BCUT2D eigenvalue weighted by Crippen LogP contribution is 2.25. The summed E-state index contributed by atoms with van der Waals surface area (Å²) in [6, 6.07) is 28.4. The Hall–Kier alpha value is -4.44. The Balaban J connectivity index is 1.33. The lowest BCUT2D eigenvalue weighted by Gasteiger charge is -2.23. The molecule has 0 heterocycles. The van der Waals surface area contributed by atoms with Crippen LogP contribution in [0.4, 0.5) is 10.5 Å². The summed E-state index contributed by atoms with van der Waals surface area (Å²) in [7, 11) is 0. The minimum atomic E-state index is -1.00.